The summed E-state index contributed by atoms with van der Waals surface area (Å²) in [7, 11) is 0. The van der Waals surface area contributed by atoms with Crippen LogP contribution in [0.2, 0.25) is 0 Å². The largest absolute Gasteiger partial charge is 0.480 e. The van der Waals surface area contributed by atoms with Gasteiger partial charge in [-0.15, -0.1) is 11.3 Å². The summed E-state index contributed by atoms with van der Waals surface area (Å²) >= 11 is 3.44. The molecule has 1 aromatic heterocycles. The van der Waals surface area contributed by atoms with Crippen molar-refractivity contribution in [1.29, 1.82) is 0 Å². The zero-order valence-corrected chi connectivity index (χ0v) is 10.6. The zero-order chi connectivity index (χ0) is 11.0. The number of thiophene rings is 1. The van der Waals surface area contributed by atoms with E-state index in [4.69, 9.17) is 5.11 Å². The van der Waals surface area contributed by atoms with Gasteiger partial charge in [-0.2, -0.15) is 0 Å². The molecule has 0 aliphatic carbocycles. The standard InChI is InChI=1S/C9H8INO3S/c10-5-2-4-15-7(5)8(12)11-3-1-6(11)9(13)14/h2,4,6H,1,3H2,(H,13,14). The van der Waals surface area contributed by atoms with Crippen LogP contribution in [0.3, 0.4) is 0 Å². The van der Waals surface area contributed by atoms with Crippen molar-refractivity contribution < 1.29 is 14.7 Å². The van der Waals surface area contributed by atoms with Crippen LogP contribution in [0.5, 0.6) is 0 Å². The third-order valence-electron chi connectivity index (χ3n) is 2.38. The minimum Gasteiger partial charge on any atom is -0.480 e. The van der Waals surface area contributed by atoms with E-state index in [-0.39, 0.29) is 5.91 Å². The smallest absolute Gasteiger partial charge is 0.326 e. The fraction of sp³-hybridized carbons (Fsp3) is 0.333. The molecule has 1 aliphatic heterocycles. The second kappa shape index (κ2) is 4.09. The van der Waals surface area contributed by atoms with Gasteiger partial charge in [0.1, 0.15) is 10.9 Å². The molecule has 2 heterocycles. The summed E-state index contributed by atoms with van der Waals surface area (Å²) in [6.45, 7) is 0.545. The highest BCUT2D eigenvalue weighted by molar-refractivity contribution is 14.1. The molecular formula is C9H8INO3S. The third-order valence-corrected chi connectivity index (χ3v) is 4.54. The monoisotopic (exact) mass is 337 g/mol. The number of carbonyl (C=O) groups is 2. The van der Waals surface area contributed by atoms with Gasteiger partial charge in [0.05, 0.1) is 0 Å². The van der Waals surface area contributed by atoms with E-state index in [0.717, 1.165) is 3.57 Å². The number of carbonyl (C=O) groups excluding carboxylic acids is 1. The molecule has 1 atom stereocenters. The predicted molar refractivity (Wildman–Crippen MR) is 64.1 cm³/mol. The molecule has 80 valence electrons. The quantitative estimate of drug-likeness (QED) is 0.835. The molecule has 1 aliphatic rings. The van der Waals surface area contributed by atoms with E-state index in [1.54, 1.807) is 0 Å². The molecule has 2 rings (SSSR count). The van der Waals surface area contributed by atoms with Crippen LogP contribution in [0.25, 0.3) is 0 Å². The molecule has 0 aromatic carbocycles. The Hall–Kier alpha value is -0.630. The number of likely N-dealkylation sites (tertiary alicyclic amines) is 1. The Bertz CT molecular complexity index is 417. The van der Waals surface area contributed by atoms with Crippen molar-refractivity contribution in [3.63, 3.8) is 0 Å². The van der Waals surface area contributed by atoms with Crippen molar-refractivity contribution in [3.05, 3.63) is 19.9 Å². The number of aliphatic carboxylic acids is 1. The minimum atomic E-state index is -0.916. The highest BCUT2D eigenvalue weighted by atomic mass is 127. The van der Waals surface area contributed by atoms with Crippen molar-refractivity contribution in [3.8, 4) is 0 Å². The maximum atomic E-state index is 11.9. The van der Waals surface area contributed by atoms with E-state index in [2.05, 4.69) is 22.6 Å². The van der Waals surface area contributed by atoms with E-state index >= 15 is 0 Å². The highest BCUT2D eigenvalue weighted by Gasteiger charge is 2.38. The first kappa shape index (κ1) is 10.9. The van der Waals surface area contributed by atoms with Crippen LogP contribution in [-0.2, 0) is 4.79 Å². The van der Waals surface area contributed by atoms with Crippen molar-refractivity contribution in [2.75, 3.05) is 6.54 Å². The van der Waals surface area contributed by atoms with Gasteiger partial charge < -0.3 is 10.0 Å². The molecule has 0 bridgehead atoms. The van der Waals surface area contributed by atoms with Gasteiger partial charge in [-0.3, -0.25) is 4.79 Å². The van der Waals surface area contributed by atoms with Crippen LogP contribution in [0.1, 0.15) is 16.1 Å². The van der Waals surface area contributed by atoms with Crippen LogP contribution in [0.4, 0.5) is 0 Å². The summed E-state index contributed by atoms with van der Waals surface area (Å²) < 4.78 is 0.888. The molecule has 1 amide bonds. The van der Waals surface area contributed by atoms with Gasteiger partial charge in [-0.25, -0.2) is 4.79 Å². The van der Waals surface area contributed by atoms with Crippen LogP contribution >= 0.6 is 33.9 Å². The summed E-state index contributed by atoms with van der Waals surface area (Å²) in [6.07, 6.45) is 0.559. The molecule has 0 spiro atoms. The summed E-state index contributed by atoms with van der Waals surface area (Å²) in [5.41, 5.74) is 0. The van der Waals surface area contributed by atoms with Gasteiger partial charge in [0.15, 0.2) is 0 Å². The Morgan fingerprint density at radius 3 is 2.73 bits per heavy atom. The average Bonchev–Trinajstić information content (AvgIpc) is 2.47. The molecule has 1 N–H and O–H groups in total. The normalized spacial score (nSPS) is 19.8. The maximum Gasteiger partial charge on any atom is 0.326 e. The Morgan fingerprint density at radius 1 is 1.60 bits per heavy atom. The summed E-state index contributed by atoms with van der Waals surface area (Å²) in [4.78, 5) is 24.7. The Kier molecular flexibility index (Phi) is 2.96. The van der Waals surface area contributed by atoms with Crippen LogP contribution in [0.15, 0.2) is 11.4 Å². The van der Waals surface area contributed by atoms with Crippen molar-refractivity contribution in [1.82, 2.24) is 4.90 Å². The fourth-order valence-corrected chi connectivity index (χ4v) is 3.24. The molecule has 0 radical (unpaired) electrons. The topological polar surface area (TPSA) is 57.6 Å². The van der Waals surface area contributed by atoms with Gasteiger partial charge in [-0.05, 0) is 40.5 Å². The first-order valence-electron chi connectivity index (χ1n) is 4.38. The molecule has 1 aromatic rings. The first-order valence-corrected chi connectivity index (χ1v) is 6.34. The minimum absolute atomic E-state index is 0.159. The molecule has 1 unspecified atom stereocenters. The number of hydrogen-bond acceptors (Lipinski definition) is 3. The van der Waals surface area contributed by atoms with Gasteiger partial charge in [0.2, 0.25) is 0 Å². The lowest BCUT2D eigenvalue weighted by atomic mass is 10.0. The van der Waals surface area contributed by atoms with Crippen LogP contribution < -0.4 is 0 Å². The Balaban J connectivity index is 2.16. The van der Waals surface area contributed by atoms with Crippen molar-refractivity contribution >= 4 is 45.8 Å². The number of rotatable bonds is 2. The SMILES string of the molecule is O=C(O)C1CCN1C(=O)c1sccc1I. The molecule has 6 heteroatoms. The number of nitrogens with zero attached hydrogens (tertiary/aromatic N) is 1. The highest BCUT2D eigenvalue weighted by Crippen LogP contribution is 2.26. The lowest BCUT2D eigenvalue weighted by molar-refractivity contribution is -0.146. The van der Waals surface area contributed by atoms with E-state index in [1.807, 2.05) is 11.4 Å². The van der Waals surface area contributed by atoms with Crippen molar-refractivity contribution in [2.45, 2.75) is 12.5 Å². The first-order chi connectivity index (χ1) is 7.11. The number of halogens is 1. The van der Waals surface area contributed by atoms with E-state index < -0.39 is 12.0 Å². The van der Waals surface area contributed by atoms with Gasteiger partial charge >= 0.3 is 5.97 Å². The van der Waals surface area contributed by atoms with Gasteiger partial charge in [0, 0.05) is 10.1 Å². The average molecular weight is 337 g/mol. The number of amides is 1. The summed E-state index contributed by atoms with van der Waals surface area (Å²) in [5.74, 6) is -1.07. The van der Waals surface area contributed by atoms with Crippen LogP contribution in [-0.4, -0.2) is 34.5 Å². The molecule has 4 nitrogen and oxygen atoms in total. The lowest BCUT2D eigenvalue weighted by Gasteiger charge is -2.37. The fourth-order valence-electron chi connectivity index (χ4n) is 1.46. The molecular weight excluding hydrogens is 329 g/mol. The Labute approximate surface area is 104 Å². The van der Waals surface area contributed by atoms with Crippen LogP contribution in [0, 0.1) is 3.57 Å². The van der Waals surface area contributed by atoms with Crippen molar-refractivity contribution in [2.24, 2.45) is 0 Å². The van der Waals surface area contributed by atoms with Gasteiger partial charge in [-0.1, -0.05) is 0 Å². The van der Waals surface area contributed by atoms with E-state index in [9.17, 15) is 9.59 Å². The second-order valence-electron chi connectivity index (χ2n) is 3.24. The molecule has 0 saturated carbocycles. The Morgan fingerprint density at radius 2 is 2.33 bits per heavy atom. The second-order valence-corrected chi connectivity index (χ2v) is 5.32. The number of hydrogen-bond donors (Lipinski definition) is 1. The molecule has 1 fully saturated rings. The number of carboxylic acids is 1. The molecule has 1 saturated heterocycles. The molecule has 15 heavy (non-hydrogen) atoms. The van der Waals surface area contributed by atoms with E-state index in [0.29, 0.717) is 17.8 Å². The lowest BCUT2D eigenvalue weighted by Crippen LogP contribution is -2.55. The zero-order valence-electron chi connectivity index (χ0n) is 7.64. The summed E-state index contributed by atoms with van der Waals surface area (Å²) in [5, 5.41) is 10.7. The van der Waals surface area contributed by atoms with Gasteiger partial charge in [0.25, 0.3) is 5.91 Å². The maximum absolute atomic E-state index is 11.9. The van der Waals surface area contributed by atoms with E-state index in [1.165, 1.54) is 16.2 Å². The predicted octanol–water partition coefficient (Wildman–Crippen LogP) is 1.65. The number of carboxylic acid groups (broad SMARTS) is 1. The summed E-state index contributed by atoms with van der Waals surface area (Å²) in [6, 6.07) is 1.23. The third kappa shape index (κ3) is 1.87.